The van der Waals surface area contributed by atoms with Gasteiger partial charge in [0.05, 0.1) is 23.9 Å². The van der Waals surface area contributed by atoms with Gasteiger partial charge in [0.25, 0.3) is 0 Å². The molecule has 0 radical (unpaired) electrons. The van der Waals surface area contributed by atoms with Crippen molar-refractivity contribution in [2.75, 3.05) is 26.0 Å². The summed E-state index contributed by atoms with van der Waals surface area (Å²) in [6, 6.07) is 3.20. The summed E-state index contributed by atoms with van der Waals surface area (Å²) in [5, 5.41) is 2.96. The van der Waals surface area contributed by atoms with Crippen LogP contribution in [0.2, 0.25) is 0 Å². The first kappa shape index (κ1) is 18.8. The number of ether oxygens (including phenoxy) is 3. The average molecular weight is 367 g/mol. The number of anilines is 1. The van der Waals surface area contributed by atoms with Gasteiger partial charge in [-0.3, -0.25) is 0 Å². The molecule has 1 heterocycles. The lowest BCUT2D eigenvalue weighted by atomic mass is 10.2. The Balaban J connectivity index is 2.04. The molecule has 0 unspecified atom stereocenters. The van der Waals surface area contributed by atoms with Crippen LogP contribution in [0, 0.1) is 0 Å². The van der Waals surface area contributed by atoms with Crippen LogP contribution >= 0.6 is 11.3 Å². The number of nitrogens with zero attached hydrogens (tertiary/aromatic N) is 1. The van der Waals surface area contributed by atoms with Crippen molar-refractivity contribution in [3.63, 3.8) is 0 Å². The molecule has 2 rings (SSSR count). The van der Waals surface area contributed by atoms with Gasteiger partial charge in [-0.05, 0) is 32.9 Å². The summed E-state index contributed by atoms with van der Waals surface area (Å²) in [6.45, 7) is 5.76. The minimum atomic E-state index is -0.565. The fourth-order valence-corrected chi connectivity index (χ4v) is 2.78. The van der Waals surface area contributed by atoms with Gasteiger partial charge in [-0.2, -0.15) is 0 Å². The van der Waals surface area contributed by atoms with E-state index < -0.39 is 17.7 Å². The first-order chi connectivity index (χ1) is 11.7. The molecule has 0 aliphatic rings. The molecule has 1 amide bonds. The van der Waals surface area contributed by atoms with Crippen molar-refractivity contribution in [2.45, 2.75) is 26.4 Å². The molecular weight excluding hydrogens is 346 g/mol. The van der Waals surface area contributed by atoms with Gasteiger partial charge in [0.15, 0.2) is 5.13 Å². The number of fused-ring (bicyclic) bond motifs is 1. The number of thiazole rings is 1. The van der Waals surface area contributed by atoms with Gasteiger partial charge >= 0.3 is 12.1 Å². The Kier molecular flexibility index (Phi) is 5.68. The quantitative estimate of drug-likeness (QED) is 0.617. The van der Waals surface area contributed by atoms with Gasteiger partial charge in [-0.15, -0.1) is 0 Å². The van der Waals surface area contributed by atoms with E-state index in [0.29, 0.717) is 22.0 Å². The van der Waals surface area contributed by atoms with Gasteiger partial charge in [0.2, 0.25) is 0 Å². The second-order valence-corrected chi connectivity index (χ2v) is 7.20. The molecule has 0 aliphatic heterocycles. The third-order valence-electron chi connectivity index (χ3n) is 2.93. The Morgan fingerprint density at radius 2 is 2.04 bits per heavy atom. The van der Waals surface area contributed by atoms with E-state index in [9.17, 15) is 9.59 Å². The Bertz CT molecular complexity index is 782. The van der Waals surface area contributed by atoms with Crippen molar-refractivity contribution >= 4 is 38.7 Å². The zero-order valence-corrected chi connectivity index (χ0v) is 15.4. The number of carbonyl (C=O) groups excluding carboxylic acids is 2. The molecule has 9 heteroatoms. The molecule has 0 atom stereocenters. The number of hydrogen-bond donors (Lipinski definition) is 2. The molecule has 8 nitrogen and oxygen atoms in total. The van der Waals surface area contributed by atoms with E-state index in [0.717, 1.165) is 4.70 Å². The highest BCUT2D eigenvalue weighted by Crippen LogP contribution is 2.32. The molecule has 2 aromatic rings. The molecule has 3 N–H and O–H groups in total. The van der Waals surface area contributed by atoms with Crippen LogP contribution < -0.4 is 15.8 Å². The number of carbonyl (C=O) groups is 2. The third-order valence-corrected chi connectivity index (χ3v) is 3.76. The van der Waals surface area contributed by atoms with Crippen molar-refractivity contribution in [3.8, 4) is 5.75 Å². The highest BCUT2D eigenvalue weighted by atomic mass is 32.1. The van der Waals surface area contributed by atoms with E-state index in [1.54, 1.807) is 32.9 Å². The molecule has 1 aromatic carbocycles. The summed E-state index contributed by atoms with van der Waals surface area (Å²) >= 11 is 1.25. The van der Waals surface area contributed by atoms with Gasteiger partial charge in [-0.25, -0.2) is 14.6 Å². The molecule has 136 valence electrons. The van der Waals surface area contributed by atoms with E-state index in [1.807, 2.05) is 0 Å². The number of nitrogens with one attached hydrogen (secondary N) is 1. The molecule has 0 spiro atoms. The number of nitrogens with two attached hydrogens (primary N) is 1. The van der Waals surface area contributed by atoms with E-state index in [2.05, 4.69) is 10.3 Å². The molecule has 0 bridgehead atoms. The number of benzene rings is 1. The summed E-state index contributed by atoms with van der Waals surface area (Å²) in [5.41, 5.74) is 6.07. The van der Waals surface area contributed by atoms with Gasteiger partial charge in [0.1, 0.15) is 23.5 Å². The predicted molar refractivity (Wildman–Crippen MR) is 95.1 cm³/mol. The van der Waals surface area contributed by atoms with E-state index in [1.165, 1.54) is 18.4 Å². The largest absolute Gasteiger partial charge is 0.489 e. The fraction of sp³-hybridized carbons (Fsp3) is 0.438. The third kappa shape index (κ3) is 5.21. The maximum Gasteiger partial charge on any atom is 0.407 e. The maximum absolute atomic E-state index is 11.8. The first-order valence-electron chi connectivity index (χ1n) is 7.57. The number of methoxy groups -OCH3 is 1. The normalized spacial score (nSPS) is 11.2. The van der Waals surface area contributed by atoms with Crippen LogP contribution in [0.25, 0.3) is 10.2 Å². The summed E-state index contributed by atoms with van der Waals surface area (Å²) in [5.74, 6) is -0.0811. The first-order valence-corrected chi connectivity index (χ1v) is 8.39. The van der Waals surface area contributed by atoms with Crippen molar-refractivity contribution in [2.24, 2.45) is 0 Å². The summed E-state index contributed by atoms with van der Waals surface area (Å²) in [6.07, 6.45) is -0.525. The SMILES string of the molecule is COC(=O)c1cc(OCCNC(=O)OC(C)(C)C)c2nc(N)sc2c1. The maximum atomic E-state index is 11.8. The lowest BCUT2D eigenvalue weighted by Crippen LogP contribution is -2.34. The number of esters is 1. The van der Waals surface area contributed by atoms with Gasteiger partial charge in [-0.1, -0.05) is 11.3 Å². The summed E-state index contributed by atoms with van der Waals surface area (Å²) in [4.78, 5) is 27.6. The summed E-state index contributed by atoms with van der Waals surface area (Å²) in [7, 11) is 1.30. The van der Waals surface area contributed by atoms with E-state index >= 15 is 0 Å². The lowest BCUT2D eigenvalue weighted by Gasteiger charge is -2.19. The Labute approximate surface area is 149 Å². The number of hydrogen-bond acceptors (Lipinski definition) is 8. The second kappa shape index (κ2) is 7.56. The van der Waals surface area contributed by atoms with Crippen LogP contribution in [0.1, 0.15) is 31.1 Å². The predicted octanol–water partition coefficient (Wildman–Crippen LogP) is 2.57. The van der Waals surface area contributed by atoms with Crippen LogP contribution in [0.15, 0.2) is 12.1 Å². The monoisotopic (exact) mass is 367 g/mol. The minimum Gasteiger partial charge on any atom is -0.489 e. The lowest BCUT2D eigenvalue weighted by molar-refractivity contribution is 0.0519. The topological polar surface area (TPSA) is 113 Å². The van der Waals surface area contributed by atoms with Crippen molar-refractivity contribution < 1.29 is 23.8 Å². The fourth-order valence-electron chi connectivity index (χ4n) is 1.99. The Morgan fingerprint density at radius 1 is 1.32 bits per heavy atom. The van der Waals surface area contributed by atoms with Crippen molar-refractivity contribution in [1.29, 1.82) is 0 Å². The Morgan fingerprint density at radius 3 is 2.68 bits per heavy atom. The smallest absolute Gasteiger partial charge is 0.407 e. The number of nitrogen functional groups attached to an aromatic ring is 1. The molecular formula is C16H21N3O5S. The minimum absolute atomic E-state index is 0.177. The molecule has 1 aromatic heterocycles. The molecule has 0 aliphatic carbocycles. The average Bonchev–Trinajstić information content (AvgIpc) is 2.89. The van der Waals surface area contributed by atoms with Crippen molar-refractivity contribution in [1.82, 2.24) is 10.3 Å². The highest BCUT2D eigenvalue weighted by molar-refractivity contribution is 7.22. The van der Waals surface area contributed by atoms with Gasteiger partial charge < -0.3 is 25.3 Å². The standard InChI is InChI=1S/C16H21N3O5S/c1-16(2,3)24-15(21)18-5-6-23-10-7-9(13(20)22-4)8-11-12(10)19-14(17)25-11/h7-8H,5-6H2,1-4H3,(H2,17,19)(H,18,21). The number of aromatic nitrogens is 1. The molecule has 0 saturated heterocycles. The summed E-state index contributed by atoms with van der Waals surface area (Å²) < 4.78 is 16.2. The highest BCUT2D eigenvalue weighted by Gasteiger charge is 2.17. The van der Waals surface area contributed by atoms with Crippen LogP contribution in [-0.2, 0) is 9.47 Å². The van der Waals surface area contributed by atoms with Crippen LogP contribution in [0.5, 0.6) is 5.75 Å². The molecule has 0 fully saturated rings. The molecule has 0 saturated carbocycles. The number of alkyl carbamates (subject to hydrolysis) is 1. The second-order valence-electron chi connectivity index (χ2n) is 6.14. The van der Waals surface area contributed by atoms with Crippen LogP contribution in [-0.4, -0.2) is 42.9 Å². The van der Waals surface area contributed by atoms with Gasteiger partial charge in [0, 0.05) is 0 Å². The number of rotatable bonds is 5. The van der Waals surface area contributed by atoms with E-state index in [-0.39, 0.29) is 13.2 Å². The van der Waals surface area contributed by atoms with Crippen LogP contribution in [0.4, 0.5) is 9.93 Å². The van der Waals surface area contributed by atoms with E-state index in [4.69, 9.17) is 19.9 Å². The zero-order valence-electron chi connectivity index (χ0n) is 14.5. The zero-order chi connectivity index (χ0) is 18.6. The molecule has 25 heavy (non-hydrogen) atoms. The van der Waals surface area contributed by atoms with Crippen LogP contribution in [0.3, 0.4) is 0 Å². The Hall–Kier alpha value is -2.55. The number of amides is 1. The van der Waals surface area contributed by atoms with Crippen molar-refractivity contribution in [3.05, 3.63) is 17.7 Å².